The summed E-state index contributed by atoms with van der Waals surface area (Å²) in [5, 5.41) is 9.52. The van der Waals surface area contributed by atoms with Gasteiger partial charge in [0.1, 0.15) is 18.3 Å². The van der Waals surface area contributed by atoms with E-state index in [1.807, 2.05) is 0 Å². The predicted molar refractivity (Wildman–Crippen MR) is 77.4 cm³/mol. The maximum absolute atomic E-state index is 11.9. The summed E-state index contributed by atoms with van der Waals surface area (Å²) in [4.78, 5) is 22.5. The summed E-state index contributed by atoms with van der Waals surface area (Å²) in [5.41, 5.74) is 5.63. The van der Waals surface area contributed by atoms with E-state index in [-0.39, 0.29) is 18.1 Å². The number of anilines is 1. The fraction of sp³-hybridized carbons (Fsp3) is 0.615. The Bertz CT molecular complexity index is 815. The lowest BCUT2D eigenvalue weighted by molar-refractivity contribution is -0.199. The molecule has 23 heavy (non-hydrogen) atoms. The summed E-state index contributed by atoms with van der Waals surface area (Å²) in [7, 11) is 0. The SMILES string of the molecule is CC1(C)OC2[C@@H](CO)O[C@@H](n3cnc4c(=O)[nH]c(N)nc43)[C@H]2O1. The summed E-state index contributed by atoms with van der Waals surface area (Å²) in [6.07, 6.45) is -0.595. The Morgan fingerprint density at radius 2 is 2.17 bits per heavy atom. The molecule has 2 aromatic heterocycles. The Hall–Kier alpha value is -2.01. The van der Waals surface area contributed by atoms with Crippen LogP contribution in [0.3, 0.4) is 0 Å². The first-order valence-corrected chi connectivity index (χ1v) is 7.24. The van der Waals surface area contributed by atoms with Crippen LogP contribution >= 0.6 is 0 Å². The number of aromatic nitrogens is 4. The lowest BCUT2D eigenvalue weighted by Crippen LogP contribution is -2.31. The molecule has 0 spiro atoms. The van der Waals surface area contributed by atoms with E-state index in [1.165, 1.54) is 6.33 Å². The van der Waals surface area contributed by atoms with Gasteiger partial charge in [-0.3, -0.25) is 14.3 Å². The highest BCUT2D eigenvalue weighted by Gasteiger charge is 2.55. The highest BCUT2D eigenvalue weighted by Crippen LogP contribution is 2.43. The number of nitrogen functional groups attached to an aromatic ring is 1. The van der Waals surface area contributed by atoms with Crippen molar-refractivity contribution < 1.29 is 19.3 Å². The number of aliphatic hydroxyl groups is 1. The van der Waals surface area contributed by atoms with Crippen LogP contribution in [0, 0.1) is 0 Å². The highest BCUT2D eigenvalue weighted by atomic mass is 16.8. The number of fused-ring (bicyclic) bond motifs is 2. The lowest BCUT2D eigenvalue weighted by atomic mass is 10.1. The van der Waals surface area contributed by atoms with Gasteiger partial charge in [-0.15, -0.1) is 0 Å². The Balaban J connectivity index is 1.80. The van der Waals surface area contributed by atoms with E-state index in [0.717, 1.165) is 0 Å². The number of hydrogen-bond acceptors (Lipinski definition) is 8. The van der Waals surface area contributed by atoms with Gasteiger partial charge in [-0.25, -0.2) is 4.98 Å². The molecule has 0 aromatic carbocycles. The zero-order chi connectivity index (χ0) is 16.4. The molecule has 4 N–H and O–H groups in total. The maximum Gasteiger partial charge on any atom is 0.280 e. The van der Waals surface area contributed by atoms with Crippen molar-refractivity contribution in [3.63, 3.8) is 0 Å². The van der Waals surface area contributed by atoms with Crippen LogP contribution in [0.1, 0.15) is 20.1 Å². The fourth-order valence-electron chi connectivity index (χ4n) is 3.16. The summed E-state index contributed by atoms with van der Waals surface area (Å²) >= 11 is 0. The first-order chi connectivity index (χ1) is 10.9. The minimum absolute atomic E-state index is 0.0126. The molecule has 2 saturated heterocycles. The van der Waals surface area contributed by atoms with E-state index in [1.54, 1.807) is 18.4 Å². The van der Waals surface area contributed by atoms with Crippen molar-refractivity contribution in [1.82, 2.24) is 19.5 Å². The molecular weight excluding hydrogens is 306 g/mol. The number of nitrogens with one attached hydrogen (secondary N) is 1. The molecule has 124 valence electrons. The molecule has 4 rings (SSSR count). The number of nitrogens with two attached hydrogens (primary N) is 1. The molecular formula is C13H17N5O5. The fourth-order valence-corrected chi connectivity index (χ4v) is 3.16. The van der Waals surface area contributed by atoms with Gasteiger partial charge < -0.3 is 25.1 Å². The number of aromatic amines is 1. The van der Waals surface area contributed by atoms with Crippen molar-refractivity contribution in [1.29, 1.82) is 0 Å². The van der Waals surface area contributed by atoms with Crippen molar-refractivity contribution in [3.05, 3.63) is 16.7 Å². The Morgan fingerprint density at radius 1 is 1.43 bits per heavy atom. The van der Waals surface area contributed by atoms with Crippen LogP contribution in [-0.2, 0) is 14.2 Å². The first-order valence-electron chi connectivity index (χ1n) is 7.24. The van der Waals surface area contributed by atoms with Crippen LogP contribution in [-0.4, -0.2) is 55.3 Å². The molecule has 0 bridgehead atoms. The van der Waals surface area contributed by atoms with Crippen molar-refractivity contribution >= 4 is 17.1 Å². The number of hydrogen-bond donors (Lipinski definition) is 3. The second kappa shape index (κ2) is 4.74. The van der Waals surface area contributed by atoms with Crippen molar-refractivity contribution in [2.24, 2.45) is 0 Å². The molecule has 10 nitrogen and oxygen atoms in total. The second-order valence-electron chi connectivity index (χ2n) is 6.09. The van der Waals surface area contributed by atoms with Crippen molar-refractivity contribution in [3.8, 4) is 0 Å². The van der Waals surface area contributed by atoms with E-state index >= 15 is 0 Å². The lowest BCUT2D eigenvalue weighted by Gasteiger charge is -2.24. The number of ether oxygens (including phenoxy) is 3. The molecule has 1 unspecified atom stereocenters. The average Bonchev–Trinajstić information content (AvgIpc) is 3.09. The standard InChI is InChI=1S/C13H17N5O5/c1-13(2)22-7-5(3-19)21-11(8(7)23-13)18-4-15-6-9(18)16-12(14)17-10(6)20/h4-5,7-8,11,19H,3H2,1-2H3,(H3,14,16,17,20)/t5-,7?,8+,11-/m1/s1. The molecule has 2 aromatic rings. The Kier molecular flexibility index (Phi) is 3.00. The predicted octanol–water partition coefficient (Wildman–Crippen LogP) is -0.888. The topological polar surface area (TPSA) is 138 Å². The third-order valence-corrected chi connectivity index (χ3v) is 4.03. The first kappa shape index (κ1) is 14.6. The zero-order valence-corrected chi connectivity index (χ0v) is 12.6. The summed E-state index contributed by atoms with van der Waals surface area (Å²) < 4.78 is 19.1. The number of nitrogens with zero attached hydrogens (tertiary/aromatic N) is 3. The van der Waals surface area contributed by atoms with E-state index in [9.17, 15) is 9.90 Å². The largest absolute Gasteiger partial charge is 0.394 e. The molecule has 2 fully saturated rings. The van der Waals surface area contributed by atoms with Gasteiger partial charge in [0.05, 0.1) is 12.9 Å². The van der Waals surface area contributed by atoms with Gasteiger partial charge in [-0.1, -0.05) is 0 Å². The molecule has 0 radical (unpaired) electrons. The van der Waals surface area contributed by atoms with E-state index < -0.39 is 35.9 Å². The van der Waals surface area contributed by atoms with Gasteiger partial charge in [0, 0.05) is 0 Å². The van der Waals surface area contributed by atoms with Gasteiger partial charge in [-0.05, 0) is 13.8 Å². The third-order valence-electron chi connectivity index (χ3n) is 4.03. The van der Waals surface area contributed by atoms with Gasteiger partial charge in [0.2, 0.25) is 5.95 Å². The molecule has 4 heterocycles. The van der Waals surface area contributed by atoms with Crippen molar-refractivity contribution in [2.45, 2.75) is 44.2 Å². The van der Waals surface area contributed by atoms with Crippen molar-refractivity contribution in [2.75, 3.05) is 12.3 Å². The third kappa shape index (κ3) is 2.14. The van der Waals surface area contributed by atoms with Crippen LogP contribution in [0.2, 0.25) is 0 Å². The monoisotopic (exact) mass is 323 g/mol. The van der Waals surface area contributed by atoms with Gasteiger partial charge >= 0.3 is 0 Å². The normalized spacial score (nSPS) is 32.5. The van der Waals surface area contributed by atoms with Gasteiger partial charge in [0.25, 0.3) is 5.56 Å². The van der Waals surface area contributed by atoms with Gasteiger partial charge in [-0.2, -0.15) is 4.98 Å². The number of rotatable bonds is 2. The second-order valence-corrected chi connectivity index (χ2v) is 6.09. The van der Waals surface area contributed by atoms with Crippen LogP contribution in [0.5, 0.6) is 0 Å². The summed E-state index contributed by atoms with van der Waals surface area (Å²) in [6, 6.07) is 0. The minimum atomic E-state index is -0.787. The number of aliphatic hydroxyl groups excluding tert-OH is 1. The highest BCUT2D eigenvalue weighted by molar-refractivity contribution is 5.70. The number of imidazole rings is 1. The quantitative estimate of drug-likeness (QED) is 0.647. The zero-order valence-electron chi connectivity index (χ0n) is 12.6. The van der Waals surface area contributed by atoms with Crippen LogP contribution < -0.4 is 11.3 Å². The molecule has 10 heteroatoms. The molecule has 4 atom stereocenters. The van der Waals surface area contributed by atoms with E-state index in [4.69, 9.17) is 19.9 Å². The number of H-pyrrole nitrogens is 1. The molecule has 0 saturated carbocycles. The van der Waals surface area contributed by atoms with Crippen LogP contribution in [0.15, 0.2) is 11.1 Å². The van der Waals surface area contributed by atoms with Gasteiger partial charge in [0.15, 0.2) is 23.2 Å². The molecule has 2 aliphatic heterocycles. The van der Waals surface area contributed by atoms with Crippen LogP contribution in [0.4, 0.5) is 5.95 Å². The average molecular weight is 323 g/mol. The molecule has 0 aliphatic carbocycles. The molecule has 2 aliphatic rings. The maximum atomic E-state index is 11.9. The Morgan fingerprint density at radius 3 is 2.91 bits per heavy atom. The van der Waals surface area contributed by atoms with Crippen LogP contribution in [0.25, 0.3) is 11.2 Å². The van der Waals surface area contributed by atoms with E-state index in [2.05, 4.69) is 15.0 Å². The molecule has 0 amide bonds. The van der Waals surface area contributed by atoms with E-state index in [0.29, 0.717) is 5.65 Å². The Labute approximate surface area is 130 Å². The minimum Gasteiger partial charge on any atom is -0.394 e. The smallest absolute Gasteiger partial charge is 0.280 e. The summed E-state index contributed by atoms with van der Waals surface area (Å²) in [5.74, 6) is -0.799. The summed E-state index contributed by atoms with van der Waals surface area (Å²) in [6.45, 7) is 3.38.